The molecule has 3 aromatic rings. The Morgan fingerprint density at radius 1 is 1.35 bits per heavy atom. The van der Waals surface area contributed by atoms with Gasteiger partial charge in [-0.05, 0) is 34.6 Å². The first kappa shape index (κ1) is 13.3. The van der Waals surface area contributed by atoms with Crippen molar-refractivity contribution in [2.45, 2.75) is 13.3 Å². The minimum Gasteiger partial charge on any atom is -0.441 e. The third-order valence-electron chi connectivity index (χ3n) is 3.28. The van der Waals surface area contributed by atoms with Crippen molar-refractivity contribution in [1.82, 2.24) is 14.5 Å². The van der Waals surface area contributed by atoms with Crippen molar-refractivity contribution < 1.29 is 4.42 Å². The van der Waals surface area contributed by atoms with E-state index in [-0.39, 0.29) is 0 Å². The van der Waals surface area contributed by atoms with E-state index in [1.807, 2.05) is 32.2 Å². The number of nitrogens with two attached hydrogens (primary N) is 1. The van der Waals surface area contributed by atoms with Crippen LogP contribution >= 0.6 is 15.9 Å². The Labute approximate surface area is 124 Å². The summed E-state index contributed by atoms with van der Waals surface area (Å²) >= 11 is 3.52. The summed E-state index contributed by atoms with van der Waals surface area (Å²) in [5.41, 5.74) is 9.32. The normalized spacial score (nSPS) is 11.4. The van der Waals surface area contributed by atoms with E-state index in [9.17, 15) is 0 Å². The van der Waals surface area contributed by atoms with Crippen molar-refractivity contribution in [3.63, 3.8) is 0 Å². The van der Waals surface area contributed by atoms with Crippen LogP contribution in [0.4, 0.5) is 0 Å². The average Bonchev–Trinajstić information content (AvgIpc) is 2.89. The van der Waals surface area contributed by atoms with Crippen molar-refractivity contribution in [3.05, 3.63) is 34.5 Å². The molecule has 0 atom stereocenters. The summed E-state index contributed by atoms with van der Waals surface area (Å²) < 4.78 is 8.46. The van der Waals surface area contributed by atoms with Crippen LogP contribution in [-0.4, -0.2) is 21.1 Å². The number of benzene rings is 1. The van der Waals surface area contributed by atoms with Crippen molar-refractivity contribution in [1.29, 1.82) is 0 Å². The van der Waals surface area contributed by atoms with Gasteiger partial charge in [-0.15, -0.1) is 0 Å². The fraction of sp³-hybridized carbons (Fsp3) is 0.286. The maximum atomic E-state index is 5.61. The molecule has 0 saturated heterocycles. The number of aromatic nitrogens is 3. The van der Waals surface area contributed by atoms with Crippen LogP contribution in [0.5, 0.6) is 0 Å². The zero-order chi connectivity index (χ0) is 14.3. The van der Waals surface area contributed by atoms with E-state index in [4.69, 9.17) is 10.2 Å². The molecular weight excluding hydrogens is 320 g/mol. The lowest BCUT2D eigenvalue weighted by atomic mass is 10.1. The molecule has 104 valence electrons. The fourth-order valence-electron chi connectivity index (χ4n) is 2.36. The molecule has 0 spiro atoms. The van der Waals surface area contributed by atoms with E-state index in [1.54, 1.807) is 0 Å². The zero-order valence-corrected chi connectivity index (χ0v) is 12.9. The van der Waals surface area contributed by atoms with Crippen LogP contribution in [0.25, 0.3) is 22.4 Å². The van der Waals surface area contributed by atoms with Crippen LogP contribution in [0.2, 0.25) is 0 Å². The molecule has 6 heteroatoms. The fourth-order valence-corrected chi connectivity index (χ4v) is 3.06. The van der Waals surface area contributed by atoms with Gasteiger partial charge >= 0.3 is 0 Å². The SMILES string of the molecule is Cc1nc2ccc(-c3c(Br)nc(CCN)n3C)cc2o1. The molecule has 0 unspecified atom stereocenters. The summed E-state index contributed by atoms with van der Waals surface area (Å²) in [5, 5.41) is 0. The zero-order valence-electron chi connectivity index (χ0n) is 11.4. The molecule has 0 fully saturated rings. The number of hydrogen-bond donors (Lipinski definition) is 1. The monoisotopic (exact) mass is 334 g/mol. The highest BCUT2D eigenvalue weighted by atomic mass is 79.9. The Hall–Kier alpha value is -1.66. The summed E-state index contributed by atoms with van der Waals surface area (Å²) in [7, 11) is 1.99. The van der Waals surface area contributed by atoms with E-state index in [0.717, 1.165) is 39.2 Å². The average molecular weight is 335 g/mol. The number of fused-ring (bicyclic) bond motifs is 1. The summed E-state index contributed by atoms with van der Waals surface area (Å²) in [6.07, 6.45) is 0.749. The Balaban J connectivity index is 2.14. The third-order valence-corrected chi connectivity index (χ3v) is 3.83. The van der Waals surface area contributed by atoms with Gasteiger partial charge in [0, 0.05) is 26.0 Å². The third kappa shape index (κ3) is 2.14. The molecule has 0 amide bonds. The number of halogens is 1. The lowest BCUT2D eigenvalue weighted by Gasteiger charge is -2.05. The second-order valence-corrected chi connectivity index (χ2v) is 5.43. The molecule has 20 heavy (non-hydrogen) atoms. The highest BCUT2D eigenvalue weighted by Crippen LogP contribution is 2.31. The first-order valence-electron chi connectivity index (χ1n) is 6.39. The van der Waals surface area contributed by atoms with E-state index < -0.39 is 0 Å². The van der Waals surface area contributed by atoms with Crippen molar-refractivity contribution in [2.75, 3.05) is 6.54 Å². The molecule has 2 aromatic heterocycles. The lowest BCUT2D eigenvalue weighted by molar-refractivity contribution is 0.561. The summed E-state index contributed by atoms with van der Waals surface area (Å²) in [6, 6.07) is 5.98. The smallest absolute Gasteiger partial charge is 0.192 e. The first-order valence-corrected chi connectivity index (χ1v) is 7.18. The number of rotatable bonds is 3. The molecule has 0 bridgehead atoms. The largest absolute Gasteiger partial charge is 0.441 e. The predicted octanol–water partition coefficient (Wildman–Crippen LogP) is 2.80. The van der Waals surface area contributed by atoms with Gasteiger partial charge in [0.2, 0.25) is 0 Å². The number of oxazole rings is 1. The summed E-state index contributed by atoms with van der Waals surface area (Å²) in [6.45, 7) is 2.43. The molecule has 3 rings (SSSR count). The first-order chi connectivity index (χ1) is 9.60. The van der Waals surface area contributed by atoms with E-state index in [1.165, 1.54) is 0 Å². The van der Waals surface area contributed by atoms with Gasteiger partial charge in [-0.1, -0.05) is 6.07 Å². The summed E-state index contributed by atoms with van der Waals surface area (Å²) in [5.74, 6) is 1.63. The van der Waals surface area contributed by atoms with Crippen LogP contribution in [-0.2, 0) is 13.5 Å². The minimum absolute atomic E-state index is 0.580. The molecule has 2 heterocycles. The molecule has 0 saturated carbocycles. The molecule has 2 N–H and O–H groups in total. The molecule has 5 nitrogen and oxygen atoms in total. The standard InChI is InChI=1S/C14H15BrN4O/c1-8-17-10-4-3-9(7-11(10)20-8)13-14(15)18-12(5-6-16)19(13)2/h3-4,7H,5-6,16H2,1-2H3. The van der Waals surface area contributed by atoms with E-state index >= 15 is 0 Å². The van der Waals surface area contributed by atoms with E-state index in [2.05, 4.69) is 30.5 Å². The van der Waals surface area contributed by atoms with Crippen LogP contribution in [0.1, 0.15) is 11.7 Å². The lowest BCUT2D eigenvalue weighted by Crippen LogP contribution is -2.08. The highest BCUT2D eigenvalue weighted by molar-refractivity contribution is 9.10. The van der Waals surface area contributed by atoms with Gasteiger partial charge in [-0.25, -0.2) is 9.97 Å². The number of hydrogen-bond acceptors (Lipinski definition) is 4. The van der Waals surface area contributed by atoms with Gasteiger partial charge in [0.15, 0.2) is 11.5 Å². The number of aryl methyl sites for hydroxylation is 1. The maximum absolute atomic E-state index is 5.61. The molecule has 1 aromatic carbocycles. The van der Waals surface area contributed by atoms with Crippen LogP contribution in [0, 0.1) is 6.92 Å². The summed E-state index contributed by atoms with van der Waals surface area (Å²) in [4.78, 5) is 8.83. The van der Waals surface area contributed by atoms with Gasteiger partial charge in [-0.2, -0.15) is 0 Å². The molecule has 0 aliphatic heterocycles. The molecule has 0 aliphatic carbocycles. The quantitative estimate of drug-likeness (QED) is 0.799. The van der Waals surface area contributed by atoms with Gasteiger partial charge in [0.1, 0.15) is 15.9 Å². The van der Waals surface area contributed by atoms with Gasteiger partial charge < -0.3 is 14.7 Å². The maximum Gasteiger partial charge on any atom is 0.192 e. The van der Waals surface area contributed by atoms with Crippen molar-refractivity contribution >= 4 is 27.0 Å². The molecular formula is C14H15BrN4O. The predicted molar refractivity (Wildman–Crippen MR) is 81.4 cm³/mol. The minimum atomic E-state index is 0.580. The van der Waals surface area contributed by atoms with Crippen LogP contribution in [0.15, 0.2) is 27.2 Å². The Morgan fingerprint density at radius 2 is 2.15 bits per heavy atom. The van der Waals surface area contributed by atoms with Crippen LogP contribution in [0.3, 0.4) is 0 Å². The Morgan fingerprint density at radius 3 is 2.90 bits per heavy atom. The molecule has 0 radical (unpaired) electrons. The van der Waals surface area contributed by atoms with Gasteiger partial charge in [0.05, 0.1) is 5.69 Å². The number of nitrogens with zero attached hydrogens (tertiary/aromatic N) is 3. The topological polar surface area (TPSA) is 69.9 Å². The van der Waals surface area contributed by atoms with E-state index in [0.29, 0.717) is 12.4 Å². The molecule has 0 aliphatic rings. The van der Waals surface area contributed by atoms with Crippen molar-refractivity contribution in [2.24, 2.45) is 12.8 Å². The number of imidazole rings is 1. The Bertz CT molecular complexity index is 775. The second kappa shape index (κ2) is 5.03. The van der Waals surface area contributed by atoms with Gasteiger partial charge in [-0.3, -0.25) is 0 Å². The van der Waals surface area contributed by atoms with Gasteiger partial charge in [0.25, 0.3) is 0 Å². The highest BCUT2D eigenvalue weighted by Gasteiger charge is 2.15. The van der Waals surface area contributed by atoms with Crippen molar-refractivity contribution in [3.8, 4) is 11.3 Å². The van der Waals surface area contributed by atoms with Crippen LogP contribution < -0.4 is 5.73 Å². The second-order valence-electron chi connectivity index (χ2n) is 4.68. The Kier molecular flexibility index (Phi) is 3.35.